The Morgan fingerprint density at radius 3 is 2.76 bits per heavy atom. The first kappa shape index (κ1) is 17.5. The lowest BCUT2D eigenvalue weighted by Crippen LogP contribution is -1.89. The summed E-state index contributed by atoms with van der Waals surface area (Å²) in [7, 11) is 1.64. The fourth-order valence-electron chi connectivity index (χ4n) is 3.16. The molecule has 5 aromatic rings. The second-order valence-electron chi connectivity index (χ2n) is 6.50. The molecule has 3 heterocycles. The van der Waals surface area contributed by atoms with Gasteiger partial charge in [-0.15, -0.1) is 0 Å². The minimum Gasteiger partial charge on any atom is -0.495 e. The monoisotopic (exact) mass is 399 g/mol. The minimum atomic E-state index is 0.741. The Balaban J connectivity index is 1.44. The van der Waals surface area contributed by atoms with E-state index in [1.165, 1.54) is 0 Å². The van der Waals surface area contributed by atoms with Crippen LogP contribution in [-0.2, 0) is 0 Å². The van der Waals surface area contributed by atoms with E-state index in [2.05, 4.69) is 28.5 Å². The first-order valence-corrected chi connectivity index (χ1v) is 9.91. The molecule has 0 spiro atoms. The van der Waals surface area contributed by atoms with Gasteiger partial charge in [0.2, 0.25) is 0 Å². The van der Waals surface area contributed by atoms with Crippen LogP contribution >= 0.6 is 11.3 Å². The van der Waals surface area contributed by atoms with E-state index in [1.807, 2.05) is 48.7 Å². The summed E-state index contributed by atoms with van der Waals surface area (Å²) in [5.74, 6) is 1.58. The van der Waals surface area contributed by atoms with Crippen LogP contribution in [-0.4, -0.2) is 17.1 Å². The number of nitrogens with zero attached hydrogens (tertiary/aromatic N) is 2. The van der Waals surface area contributed by atoms with Gasteiger partial charge in [-0.25, -0.2) is 4.98 Å². The molecule has 0 fully saturated rings. The number of benzene rings is 2. The standard InChI is InChI=1S/C23H17N3O2S/c1-27-19-11-17(13-24-14-19)15-7-8-20-22(12-15)29-23(26-20)25-18-5-2-4-16(10-18)21-6-3-9-28-21/h2-14H,1H3,(H,25,26). The van der Waals surface area contributed by atoms with Gasteiger partial charge in [-0.3, -0.25) is 4.98 Å². The van der Waals surface area contributed by atoms with Crippen molar-refractivity contribution in [2.75, 3.05) is 12.4 Å². The molecule has 0 radical (unpaired) electrons. The van der Waals surface area contributed by atoms with Crippen LogP contribution in [0.15, 0.2) is 83.7 Å². The molecule has 0 amide bonds. The predicted octanol–water partition coefficient (Wildman–Crippen LogP) is 6.37. The summed E-state index contributed by atoms with van der Waals surface area (Å²) in [5.41, 5.74) is 5.04. The first-order chi connectivity index (χ1) is 14.3. The number of hydrogen-bond acceptors (Lipinski definition) is 6. The third kappa shape index (κ3) is 3.58. The number of thiazole rings is 1. The molecule has 0 unspecified atom stereocenters. The van der Waals surface area contributed by atoms with E-state index in [0.29, 0.717) is 0 Å². The van der Waals surface area contributed by atoms with E-state index in [4.69, 9.17) is 14.1 Å². The number of furan rings is 1. The molecule has 1 N–H and O–H groups in total. The van der Waals surface area contributed by atoms with Crippen molar-refractivity contribution in [3.63, 3.8) is 0 Å². The van der Waals surface area contributed by atoms with Crippen molar-refractivity contribution in [1.82, 2.24) is 9.97 Å². The van der Waals surface area contributed by atoms with Gasteiger partial charge in [0.25, 0.3) is 0 Å². The van der Waals surface area contributed by atoms with E-state index < -0.39 is 0 Å². The van der Waals surface area contributed by atoms with E-state index in [0.717, 1.165) is 49.2 Å². The lowest BCUT2D eigenvalue weighted by Gasteiger charge is -2.04. The Kier molecular flexibility index (Phi) is 4.46. The fourth-order valence-corrected chi connectivity index (χ4v) is 4.09. The molecule has 0 aliphatic heterocycles. The Morgan fingerprint density at radius 2 is 1.90 bits per heavy atom. The predicted molar refractivity (Wildman–Crippen MR) is 117 cm³/mol. The number of aromatic nitrogens is 2. The molecule has 2 aromatic carbocycles. The van der Waals surface area contributed by atoms with Gasteiger partial charge in [0.1, 0.15) is 11.5 Å². The summed E-state index contributed by atoms with van der Waals surface area (Å²) in [5, 5.41) is 4.25. The van der Waals surface area contributed by atoms with Crippen LogP contribution in [0, 0.1) is 0 Å². The van der Waals surface area contributed by atoms with Gasteiger partial charge in [0, 0.05) is 23.0 Å². The second-order valence-corrected chi connectivity index (χ2v) is 7.53. The fraction of sp³-hybridized carbons (Fsp3) is 0.0435. The number of pyridine rings is 1. The number of methoxy groups -OCH3 is 1. The quantitative estimate of drug-likeness (QED) is 0.372. The maximum atomic E-state index is 5.49. The molecular weight excluding hydrogens is 382 g/mol. The van der Waals surface area contributed by atoms with Crippen molar-refractivity contribution in [3.05, 3.63) is 79.3 Å². The van der Waals surface area contributed by atoms with Gasteiger partial charge in [0.05, 0.1) is 29.8 Å². The number of nitrogens with one attached hydrogen (secondary N) is 1. The number of hydrogen-bond donors (Lipinski definition) is 1. The Morgan fingerprint density at radius 1 is 0.931 bits per heavy atom. The molecule has 142 valence electrons. The molecule has 29 heavy (non-hydrogen) atoms. The molecule has 0 atom stereocenters. The highest BCUT2D eigenvalue weighted by Gasteiger charge is 2.08. The van der Waals surface area contributed by atoms with Crippen molar-refractivity contribution < 1.29 is 9.15 Å². The third-order valence-corrected chi connectivity index (χ3v) is 5.52. The summed E-state index contributed by atoms with van der Waals surface area (Å²) in [6.07, 6.45) is 5.22. The van der Waals surface area contributed by atoms with Crippen molar-refractivity contribution in [2.24, 2.45) is 0 Å². The van der Waals surface area contributed by atoms with E-state index >= 15 is 0 Å². The van der Waals surface area contributed by atoms with Crippen molar-refractivity contribution in [3.8, 4) is 28.2 Å². The molecular formula is C23H17N3O2S. The van der Waals surface area contributed by atoms with Gasteiger partial charge < -0.3 is 14.5 Å². The second kappa shape index (κ2) is 7.41. The first-order valence-electron chi connectivity index (χ1n) is 9.09. The Bertz CT molecular complexity index is 1280. The molecule has 0 saturated heterocycles. The van der Waals surface area contributed by atoms with Gasteiger partial charge in [0.15, 0.2) is 5.13 Å². The summed E-state index contributed by atoms with van der Waals surface area (Å²) < 4.78 is 11.9. The summed E-state index contributed by atoms with van der Waals surface area (Å²) in [4.78, 5) is 8.96. The maximum absolute atomic E-state index is 5.49. The van der Waals surface area contributed by atoms with E-state index in [-0.39, 0.29) is 0 Å². The number of anilines is 2. The number of ether oxygens (including phenoxy) is 1. The summed E-state index contributed by atoms with van der Waals surface area (Å²) >= 11 is 1.62. The average molecular weight is 399 g/mol. The Hall–Kier alpha value is -3.64. The molecule has 6 heteroatoms. The summed E-state index contributed by atoms with van der Waals surface area (Å²) in [6.45, 7) is 0. The maximum Gasteiger partial charge on any atom is 0.188 e. The highest BCUT2D eigenvalue weighted by atomic mass is 32.1. The average Bonchev–Trinajstić information content (AvgIpc) is 3.43. The zero-order valence-electron chi connectivity index (χ0n) is 15.6. The third-order valence-electron chi connectivity index (χ3n) is 4.59. The van der Waals surface area contributed by atoms with Crippen molar-refractivity contribution >= 4 is 32.4 Å². The van der Waals surface area contributed by atoms with Gasteiger partial charge in [-0.2, -0.15) is 0 Å². The topological polar surface area (TPSA) is 60.2 Å². The van der Waals surface area contributed by atoms with E-state index in [9.17, 15) is 0 Å². The normalized spacial score (nSPS) is 10.9. The SMILES string of the molecule is COc1cncc(-c2ccc3nc(Nc4cccc(-c5ccco5)c4)sc3c2)c1. The zero-order chi connectivity index (χ0) is 19.6. The Labute approximate surface area is 171 Å². The van der Waals surface area contributed by atoms with Gasteiger partial charge >= 0.3 is 0 Å². The molecule has 3 aromatic heterocycles. The lowest BCUT2D eigenvalue weighted by molar-refractivity contribution is 0.413. The van der Waals surface area contributed by atoms with Crippen LogP contribution in [0.3, 0.4) is 0 Å². The van der Waals surface area contributed by atoms with Crippen LogP contribution in [0.25, 0.3) is 32.7 Å². The lowest BCUT2D eigenvalue weighted by atomic mass is 10.1. The highest BCUT2D eigenvalue weighted by molar-refractivity contribution is 7.22. The van der Waals surface area contributed by atoms with Crippen LogP contribution in [0.5, 0.6) is 5.75 Å². The van der Waals surface area contributed by atoms with Crippen LogP contribution < -0.4 is 10.1 Å². The van der Waals surface area contributed by atoms with Crippen molar-refractivity contribution in [1.29, 1.82) is 0 Å². The molecule has 0 aliphatic rings. The van der Waals surface area contributed by atoms with Crippen LogP contribution in [0.4, 0.5) is 10.8 Å². The molecule has 5 nitrogen and oxygen atoms in total. The zero-order valence-corrected chi connectivity index (χ0v) is 16.4. The molecule has 0 saturated carbocycles. The smallest absolute Gasteiger partial charge is 0.188 e. The largest absolute Gasteiger partial charge is 0.495 e. The molecule has 5 rings (SSSR count). The van der Waals surface area contributed by atoms with Gasteiger partial charge in [-0.05, 0) is 48.0 Å². The van der Waals surface area contributed by atoms with Crippen LogP contribution in [0.2, 0.25) is 0 Å². The minimum absolute atomic E-state index is 0.741. The molecule has 0 aliphatic carbocycles. The number of rotatable bonds is 5. The van der Waals surface area contributed by atoms with E-state index in [1.54, 1.807) is 30.9 Å². The van der Waals surface area contributed by atoms with Crippen LogP contribution in [0.1, 0.15) is 0 Å². The van der Waals surface area contributed by atoms with Gasteiger partial charge in [-0.1, -0.05) is 29.5 Å². The highest BCUT2D eigenvalue weighted by Crippen LogP contribution is 2.33. The summed E-state index contributed by atoms with van der Waals surface area (Å²) in [6, 6.07) is 20.1. The molecule has 0 bridgehead atoms. The van der Waals surface area contributed by atoms with Crippen molar-refractivity contribution in [2.45, 2.75) is 0 Å². The number of fused-ring (bicyclic) bond motifs is 1.